The Kier molecular flexibility index (Phi) is 4.73. The van der Waals surface area contributed by atoms with Crippen LogP contribution in [-0.4, -0.2) is 18.3 Å². The molecule has 0 saturated carbocycles. The Labute approximate surface area is 111 Å². The molecule has 0 heterocycles. The fourth-order valence-electron chi connectivity index (χ4n) is 1.20. The van der Waals surface area contributed by atoms with Gasteiger partial charge < -0.3 is 19.4 Å². The van der Waals surface area contributed by atoms with Gasteiger partial charge in [0, 0.05) is 11.6 Å². The summed E-state index contributed by atoms with van der Waals surface area (Å²) in [6, 6.07) is 2.26. The molecule has 0 radical (unpaired) electrons. The summed E-state index contributed by atoms with van der Waals surface area (Å²) in [6.07, 6.45) is -2.76. The highest BCUT2D eigenvalue weighted by Gasteiger charge is 2.32. The number of allylic oxidation sites excluding steroid dienone is 1. The molecule has 0 N–H and O–H groups in total. The van der Waals surface area contributed by atoms with Crippen LogP contribution in [-0.2, 0) is 4.79 Å². The summed E-state index contributed by atoms with van der Waals surface area (Å²) in [5.41, 5.74) is -0.456. The quantitative estimate of drug-likeness (QED) is 0.476. The van der Waals surface area contributed by atoms with Crippen molar-refractivity contribution in [3.05, 3.63) is 35.9 Å². The highest BCUT2D eigenvalue weighted by molar-refractivity contribution is 5.88. The van der Waals surface area contributed by atoms with Gasteiger partial charge in [-0.05, 0) is 25.1 Å². The van der Waals surface area contributed by atoms with Gasteiger partial charge in [0.15, 0.2) is 11.5 Å². The van der Waals surface area contributed by atoms with Crippen LogP contribution in [0.5, 0.6) is 11.5 Å². The molecular weight excluding hydrogens is 281 g/mol. The van der Waals surface area contributed by atoms with E-state index < -0.39 is 35.4 Å². The van der Waals surface area contributed by atoms with Gasteiger partial charge in [-0.15, -0.1) is 13.2 Å². The summed E-state index contributed by atoms with van der Waals surface area (Å²) in [5, 5.41) is 10.6. The highest BCUT2D eigenvalue weighted by Crippen LogP contribution is 2.33. The van der Waals surface area contributed by atoms with Crippen molar-refractivity contribution < 1.29 is 37.3 Å². The van der Waals surface area contributed by atoms with Crippen LogP contribution in [0.1, 0.15) is 17.3 Å². The van der Waals surface area contributed by atoms with E-state index in [4.69, 9.17) is 0 Å². The van der Waals surface area contributed by atoms with E-state index in [0.29, 0.717) is 6.07 Å². The third kappa shape index (κ3) is 4.63. The first-order chi connectivity index (χ1) is 9.23. The molecule has 0 atom stereocenters. The van der Waals surface area contributed by atoms with Crippen LogP contribution in [0, 0.1) is 0 Å². The zero-order valence-electron chi connectivity index (χ0n) is 10.1. The second kappa shape index (κ2) is 6.09. The molecule has 8 heteroatoms. The summed E-state index contributed by atoms with van der Waals surface area (Å²) >= 11 is 0. The van der Waals surface area contributed by atoms with Crippen molar-refractivity contribution in [2.75, 3.05) is 0 Å². The molecule has 0 aliphatic heterocycles. The van der Waals surface area contributed by atoms with Crippen molar-refractivity contribution in [3.63, 3.8) is 0 Å². The minimum Gasteiger partial charge on any atom is -0.545 e. The first-order valence-electron chi connectivity index (χ1n) is 5.18. The number of aromatic carboxylic acids is 1. The van der Waals surface area contributed by atoms with E-state index in [1.165, 1.54) is 13.0 Å². The molecule has 0 aliphatic carbocycles. The van der Waals surface area contributed by atoms with Gasteiger partial charge in [0.2, 0.25) is 0 Å². The Hall–Kier alpha value is -2.51. The molecule has 108 valence electrons. The third-order valence-electron chi connectivity index (χ3n) is 1.92. The zero-order valence-corrected chi connectivity index (χ0v) is 10.1. The van der Waals surface area contributed by atoms with Gasteiger partial charge in [-0.25, -0.2) is 4.79 Å². The second-order valence-corrected chi connectivity index (χ2v) is 3.42. The molecule has 5 nitrogen and oxygen atoms in total. The van der Waals surface area contributed by atoms with Crippen molar-refractivity contribution in [1.29, 1.82) is 0 Å². The van der Waals surface area contributed by atoms with E-state index >= 15 is 0 Å². The molecule has 1 aromatic rings. The smallest absolute Gasteiger partial charge is 0.545 e. The largest absolute Gasteiger partial charge is 0.573 e. The number of hydrogen-bond donors (Lipinski definition) is 0. The molecule has 0 saturated heterocycles. The Bertz CT molecular complexity index is 549. The van der Waals surface area contributed by atoms with Crippen LogP contribution in [0.15, 0.2) is 30.4 Å². The summed E-state index contributed by atoms with van der Waals surface area (Å²) in [7, 11) is 0. The number of ether oxygens (including phenoxy) is 2. The van der Waals surface area contributed by atoms with Crippen LogP contribution in [0.25, 0.3) is 0 Å². The first kappa shape index (κ1) is 15.5. The number of benzene rings is 1. The summed E-state index contributed by atoms with van der Waals surface area (Å²) < 4.78 is 44.7. The van der Waals surface area contributed by atoms with Crippen LogP contribution in [0.3, 0.4) is 0 Å². The predicted molar refractivity (Wildman–Crippen MR) is 57.9 cm³/mol. The van der Waals surface area contributed by atoms with Crippen molar-refractivity contribution in [1.82, 2.24) is 0 Å². The maximum Gasteiger partial charge on any atom is 0.573 e. The Morgan fingerprint density at radius 2 is 1.90 bits per heavy atom. The van der Waals surface area contributed by atoms with Gasteiger partial charge in [-0.2, -0.15) is 0 Å². The average molecular weight is 289 g/mol. The fourth-order valence-corrected chi connectivity index (χ4v) is 1.20. The molecule has 1 aromatic carbocycles. The fraction of sp³-hybridized carbons (Fsp3) is 0.167. The minimum absolute atomic E-state index is 0.456. The van der Waals surface area contributed by atoms with Crippen molar-refractivity contribution in [2.24, 2.45) is 0 Å². The Morgan fingerprint density at radius 1 is 1.25 bits per heavy atom. The molecular formula is C12H8F3O5-. The van der Waals surface area contributed by atoms with Gasteiger partial charge in [-0.1, -0.05) is 6.08 Å². The molecule has 0 amide bonds. The first-order valence-corrected chi connectivity index (χ1v) is 5.18. The Morgan fingerprint density at radius 3 is 2.40 bits per heavy atom. The van der Waals surface area contributed by atoms with Crippen molar-refractivity contribution in [3.8, 4) is 11.5 Å². The normalized spacial score (nSPS) is 11.4. The maximum atomic E-state index is 12.2. The minimum atomic E-state index is -5.01. The average Bonchev–Trinajstić information content (AvgIpc) is 2.29. The predicted octanol–water partition coefficient (Wildman–Crippen LogP) is 1.43. The maximum absolute atomic E-state index is 12.2. The van der Waals surface area contributed by atoms with Gasteiger partial charge in [-0.3, -0.25) is 0 Å². The lowest BCUT2D eigenvalue weighted by atomic mass is 10.2. The van der Waals surface area contributed by atoms with Crippen LogP contribution >= 0.6 is 0 Å². The van der Waals surface area contributed by atoms with Crippen LogP contribution in [0.4, 0.5) is 13.2 Å². The number of carbonyl (C=O) groups excluding carboxylic acids is 2. The number of carbonyl (C=O) groups is 2. The number of rotatable bonds is 4. The number of carboxylic acid groups (broad SMARTS) is 1. The second-order valence-electron chi connectivity index (χ2n) is 3.42. The molecule has 0 fully saturated rings. The molecule has 0 bridgehead atoms. The van der Waals surface area contributed by atoms with E-state index in [0.717, 1.165) is 18.2 Å². The number of esters is 1. The topological polar surface area (TPSA) is 75.7 Å². The van der Waals surface area contributed by atoms with E-state index in [-0.39, 0.29) is 0 Å². The lowest BCUT2D eigenvalue weighted by molar-refractivity contribution is -0.275. The molecule has 0 unspecified atom stereocenters. The summed E-state index contributed by atoms with van der Waals surface area (Å²) in [4.78, 5) is 21.8. The van der Waals surface area contributed by atoms with Crippen LogP contribution in [0.2, 0.25) is 0 Å². The van der Waals surface area contributed by atoms with E-state index in [9.17, 15) is 27.9 Å². The lowest BCUT2D eigenvalue weighted by Gasteiger charge is -2.14. The number of hydrogen-bond acceptors (Lipinski definition) is 5. The van der Waals surface area contributed by atoms with E-state index in [1.807, 2.05) is 0 Å². The van der Waals surface area contributed by atoms with Crippen LogP contribution < -0.4 is 14.6 Å². The Balaban J connectivity index is 3.15. The molecule has 1 rings (SSSR count). The monoisotopic (exact) mass is 289 g/mol. The summed E-state index contributed by atoms with van der Waals surface area (Å²) in [5.74, 6) is -4.12. The zero-order chi connectivity index (χ0) is 15.3. The SMILES string of the molecule is C/C=C/C(=O)Oc1cc(C(=O)[O-])ccc1OC(F)(F)F. The number of carboxylic acids is 1. The highest BCUT2D eigenvalue weighted by atomic mass is 19.4. The number of alkyl halides is 3. The molecule has 0 aliphatic rings. The van der Waals surface area contributed by atoms with E-state index in [1.54, 1.807) is 0 Å². The molecule has 0 aromatic heterocycles. The molecule has 20 heavy (non-hydrogen) atoms. The third-order valence-corrected chi connectivity index (χ3v) is 1.92. The van der Waals surface area contributed by atoms with Crippen molar-refractivity contribution >= 4 is 11.9 Å². The summed E-state index contributed by atoms with van der Waals surface area (Å²) in [6.45, 7) is 1.49. The van der Waals surface area contributed by atoms with Gasteiger partial charge >= 0.3 is 12.3 Å². The molecule has 0 spiro atoms. The van der Waals surface area contributed by atoms with Crippen molar-refractivity contribution in [2.45, 2.75) is 13.3 Å². The van der Waals surface area contributed by atoms with E-state index in [2.05, 4.69) is 9.47 Å². The number of halogens is 3. The van der Waals surface area contributed by atoms with Gasteiger partial charge in [0.1, 0.15) is 0 Å². The van der Waals surface area contributed by atoms with Gasteiger partial charge in [0.25, 0.3) is 0 Å². The lowest BCUT2D eigenvalue weighted by Crippen LogP contribution is -2.23. The van der Waals surface area contributed by atoms with Gasteiger partial charge in [0.05, 0.1) is 5.97 Å². The standard InChI is InChI=1S/C12H9F3O5/c1-2-3-10(16)19-9-6-7(11(17)18)4-5-8(9)20-12(13,14)15/h2-6H,1H3,(H,17,18)/p-1/b3-2+.